The maximum atomic E-state index is 10.7. The predicted molar refractivity (Wildman–Crippen MR) is 146 cm³/mol. The van der Waals surface area contributed by atoms with Crippen LogP contribution in [0.3, 0.4) is 0 Å². The second-order valence-corrected chi connectivity index (χ2v) is 12.6. The van der Waals surface area contributed by atoms with E-state index in [0.717, 1.165) is 29.5 Å². The Morgan fingerprint density at radius 2 is 1.58 bits per heavy atom. The number of β-amino-alcohol motifs (C(OH)–C–C–N with tert-alkyl or cyclic N) is 1. The molecule has 2 heterocycles. The molecule has 8 heteroatoms. The minimum Gasteiger partial charge on any atom is -0.505 e. The van der Waals surface area contributed by atoms with E-state index in [1.54, 1.807) is 12.1 Å². The minimum absolute atomic E-state index is 0.0239. The number of rotatable bonds is 3. The number of fused-ring (bicyclic) bond motifs is 1. The number of phenolic OH excluding ortho intramolecular Hbond substituents is 1. The summed E-state index contributed by atoms with van der Waals surface area (Å²) in [5.74, 6) is 0.213. The Kier molecular flexibility index (Phi) is 8.11. The van der Waals surface area contributed by atoms with Gasteiger partial charge in [0.05, 0.1) is 12.7 Å². The highest BCUT2D eigenvalue weighted by Crippen LogP contribution is 2.38. The highest BCUT2D eigenvalue weighted by Gasteiger charge is 2.44. The maximum absolute atomic E-state index is 10.7. The van der Waals surface area contributed by atoms with Gasteiger partial charge in [-0.1, -0.05) is 38.4 Å². The maximum Gasteiger partial charge on any atom is 0.146 e. The van der Waals surface area contributed by atoms with Crippen LogP contribution in [0, 0.1) is 6.92 Å². The number of benzene rings is 2. The third-order valence-corrected chi connectivity index (χ3v) is 7.09. The van der Waals surface area contributed by atoms with Crippen LogP contribution in [-0.2, 0) is 5.41 Å². The van der Waals surface area contributed by atoms with Crippen LogP contribution in [-0.4, -0.2) is 65.5 Å². The predicted octanol–water partition coefficient (Wildman–Crippen LogP) is 5.38. The van der Waals surface area contributed by atoms with Crippen LogP contribution in [0.5, 0.6) is 5.75 Å². The summed E-state index contributed by atoms with van der Waals surface area (Å²) in [5, 5.41) is 39.0. The van der Waals surface area contributed by atoms with Gasteiger partial charge in [0.1, 0.15) is 22.5 Å². The molecular weight excluding hydrogens is 476 g/mol. The second-order valence-electron chi connectivity index (χ2n) is 12.1. The number of hydrogen-bond acceptors (Lipinski definition) is 6. The number of nitrogens with zero attached hydrogens (tertiary/aromatic N) is 4. The third-order valence-electron chi connectivity index (χ3n) is 6.86. The van der Waals surface area contributed by atoms with E-state index in [4.69, 9.17) is 16.7 Å². The van der Waals surface area contributed by atoms with Gasteiger partial charge in [-0.15, -0.1) is 15.0 Å². The molecule has 0 radical (unpaired) electrons. The molecule has 1 aromatic heterocycles. The number of aromatic nitrogens is 3. The molecule has 0 amide bonds. The van der Waals surface area contributed by atoms with Crippen LogP contribution in [0.1, 0.15) is 72.4 Å². The fourth-order valence-electron chi connectivity index (χ4n) is 5.45. The summed E-state index contributed by atoms with van der Waals surface area (Å²) in [6.45, 7) is 17.6. The summed E-state index contributed by atoms with van der Waals surface area (Å²) in [6.07, 6.45) is 1.36. The van der Waals surface area contributed by atoms with E-state index in [1.807, 2.05) is 25.1 Å². The first-order valence-corrected chi connectivity index (χ1v) is 12.9. The molecule has 0 unspecified atom stereocenters. The van der Waals surface area contributed by atoms with E-state index in [0.29, 0.717) is 22.8 Å². The SMILES string of the molecule is CC1(C)CC(O)CC(C)(C)N1CCO.Cc1cc(-n2nc3ccc(Cl)cc3n2)c(O)c(C(C)(C)C)c1. The van der Waals surface area contributed by atoms with Crippen LogP contribution < -0.4 is 0 Å². The highest BCUT2D eigenvalue weighted by molar-refractivity contribution is 6.31. The lowest BCUT2D eigenvalue weighted by atomic mass is 9.78. The number of likely N-dealkylation sites (tertiary alicyclic amines) is 1. The lowest BCUT2D eigenvalue weighted by Gasteiger charge is -2.54. The average molecular weight is 517 g/mol. The van der Waals surface area contributed by atoms with Gasteiger partial charge in [0.2, 0.25) is 0 Å². The minimum atomic E-state index is -0.213. The van der Waals surface area contributed by atoms with Crippen molar-refractivity contribution in [1.29, 1.82) is 0 Å². The molecule has 0 spiro atoms. The molecule has 36 heavy (non-hydrogen) atoms. The Bertz CT molecular complexity index is 1200. The van der Waals surface area contributed by atoms with Crippen molar-refractivity contribution in [3.63, 3.8) is 0 Å². The smallest absolute Gasteiger partial charge is 0.146 e. The molecule has 1 saturated heterocycles. The highest BCUT2D eigenvalue weighted by atomic mass is 35.5. The molecule has 3 aromatic rings. The van der Waals surface area contributed by atoms with Crippen LogP contribution in [0.2, 0.25) is 5.02 Å². The van der Waals surface area contributed by atoms with Gasteiger partial charge >= 0.3 is 0 Å². The molecule has 4 rings (SSSR count). The zero-order valence-corrected chi connectivity index (χ0v) is 23.6. The largest absolute Gasteiger partial charge is 0.505 e. The molecule has 3 N–H and O–H groups in total. The zero-order valence-electron chi connectivity index (χ0n) is 22.8. The van der Waals surface area contributed by atoms with Gasteiger partial charge in [-0.3, -0.25) is 4.90 Å². The average Bonchev–Trinajstić information content (AvgIpc) is 3.14. The fraction of sp³-hybridized carbons (Fsp3) is 0.571. The van der Waals surface area contributed by atoms with Crippen molar-refractivity contribution in [3.05, 3.63) is 46.5 Å². The number of hydrogen-bond donors (Lipinski definition) is 3. The van der Waals surface area contributed by atoms with Crippen molar-refractivity contribution in [2.45, 2.75) is 90.8 Å². The number of aryl methyl sites for hydroxylation is 1. The third kappa shape index (κ3) is 6.20. The topological polar surface area (TPSA) is 94.6 Å². The van der Waals surface area contributed by atoms with Crippen molar-refractivity contribution in [1.82, 2.24) is 19.9 Å². The van der Waals surface area contributed by atoms with Crippen molar-refractivity contribution in [2.24, 2.45) is 0 Å². The van der Waals surface area contributed by atoms with Gasteiger partial charge in [-0.2, -0.15) is 0 Å². The molecule has 1 aliphatic rings. The summed E-state index contributed by atoms with van der Waals surface area (Å²) in [4.78, 5) is 3.77. The molecule has 7 nitrogen and oxygen atoms in total. The summed E-state index contributed by atoms with van der Waals surface area (Å²) < 4.78 is 0. The number of phenols is 1. The molecule has 0 aliphatic carbocycles. The quantitative estimate of drug-likeness (QED) is 0.432. The first kappa shape index (κ1) is 28.4. The molecule has 0 bridgehead atoms. The van der Waals surface area contributed by atoms with Crippen molar-refractivity contribution >= 4 is 22.6 Å². The number of halogens is 1. The van der Waals surface area contributed by atoms with Gasteiger partial charge in [-0.05, 0) is 82.7 Å². The summed E-state index contributed by atoms with van der Waals surface area (Å²) >= 11 is 5.99. The first-order valence-electron chi connectivity index (χ1n) is 12.5. The van der Waals surface area contributed by atoms with Gasteiger partial charge in [0, 0.05) is 28.2 Å². The monoisotopic (exact) mass is 516 g/mol. The molecule has 0 atom stereocenters. The number of aromatic hydroxyl groups is 1. The van der Waals surface area contributed by atoms with Crippen LogP contribution in [0.25, 0.3) is 16.7 Å². The van der Waals surface area contributed by atoms with Crippen LogP contribution in [0.4, 0.5) is 0 Å². The van der Waals surface area contributed by atoms with Gasteiger partial charge in [0.25, 0.3) is 0 Å². The van der Waals surface area contributed by atoms with Crippen molar-refractivity contribution in [3.8, 4) is 11.4 Å². The first-order chi connectivity index (χ1) is 16.5. The summed E-state index contributed by atoms with van der Waals surface area (Å²) in [6, 6.07) is 9.24. The van der Waals surface area contributed by atoms with E-state index >= 15 is 0 Å². The number of aliphatic hydroxyl groups excluding tert-OH is 2. The van der Waals surface area contributed by atoms with Gasteiger partial charge in [0.15, 0.2) is 0 Å². The molecule has 0 saturated carbocycles. The Morgan fingerprint density at radius 3 is 2.14 bits per heavy atom. The van der Waals surface area contributed by atoms with Gasteiger partial charge < -0.3 is 15.3 Å². The van der Waals surface area contributed by atoms with Crippen LogP contribution >= 0.6 is 11.6 Å². The zero-order chi connectivity index (χ0) is 27.1. The van der Waals surface area contributed by atoms with E-state index in [-0.39, 0.29) is 35.0 Å². The molecule has 1 fully saturated rings. The lowest BCUT2D eigenvalue weighted by molar-refractivity contribution is -0.0858. The van der Waals surface area contributed by atoms with E-state index < -0.39 is 0 Å². The number of aliphatic hydroxyl groups is 2. The van der Waals surface area contributed by atoms with E-state index in [9.17, 15) is 10.2 Å². The normalized spacial score (nSPS) is 18.2. The Labute approximate surface area is 219 Å². The standard InChI is InChI=1S/C17H18ClN3O.C11H23NO2/c1-10-7-12(17(2,3)4)16(22)15(8-10)21-19-13-6-5-11(18)9-14(13)20-21;1-10(2)7-9(14)8-11(3,4)12(10)5-6-13/h5-9,22H,1-4H3;9,13-14H,5-8H2,1-4H3. The van der Waals surface area contributed by atoms with E-state index in [1.165, 1.54) is 4.80 Å². The molecule has 198 valence electrons. The Balaban J connectivity index is 0.000000223. The second kappa shape index (κ2) is 10.3. The summed E-state index contributed by atoms with van der Waals surface area (Å²) in [5.41, 5.74) is 3.73. The Hall–Kier alpha value is -2.19. The van der Waals surface area contributed by atoms with Crippen molar-refractivity contribution in [2.75, 3.05) is 13.2 Å². The van der Waals surface area contributed by atoms with Gasteiger partial charge in [-0.25, -0.2) is 0 Å². The Morgan fingerprint density at radius 1 is 1.00 bits per heavy atom. The number of piperidine rings is 1. The summed E-state index contributed by atoms with van der Waals surface area (Å²) in [7, 11) is 0. The molecule has 2 aromatic carbocycles. The lowest BCUT2D eigenvalue weighted by Crippen LogP contribution is -2.62. The van der Waals surface area contributed by atoms with E-state index in [2.05, 4.69) is 63.6 Å². The van der Waals surface area contributed by atoms with Crippen LogP contribution in [0.15, 0.2) is 30.3 Å². The van der Waals surface area contributed by atoms with Crippen molar-refractivity contribution < 1.29 is 15.3 Å². The molecule has 1 aliphatic heterocycles. The molecular formula is C28H41ClN4O3. The fourth-order valence-corrected chi connectivity index (χ4v) is 5.62.